The number of halogens is 1. The van der Waals surface area contributed by atoms with Crippen LogP contribution in [0.3, 0.4) is 0 Å². The number of rotatable bonds is 11. The summed E-state index contributed by atoms with van der Waals surface area (Å²) in [5.41, 5.74) is 2.28. The molecule has 3 aromatic carbocycles. The van der Waals surface area contributed by atoms with Gasteiger partial charge in [-0.25, -0.2) is 13.2 Å². The molecule has 9 nitrogen and oxygen atoms in total. The maximum Gasteiger partial charge on any atom is 0.322 e. The van der Waals surface area contributed by atoms with Gasteiger partial charge in [0.15, 0.2) is 0 Å². The molecule has 3 N–H and O–H groups in total. The third kappa shape index (κ3) is 9.27. The number of carbonyl (C=O) groups is 1. The number of carbonyl (C=O) groups excluding carboxylic acids is 1. The smallest absolute Gasteiger partial charge is 0.322 e. The Balaban J connectivity index is 1.25. The number of urea groups is 1. The minimum Gasteiger partial charge on any atom is -0.506 e. The minimum absolute atomic E-state index is 0.0375. The highest BCUT2D eigenvalue weighted by atomic mass is 35.5. The van der Waals surface area contributed by atoms with Crippen LogP contribution in [-0.4, -0.2) is 56.4 Å². The molecule has 41 heavy (non-hydrogen) atoms. The first-order valence-corrected chi connectivity index (χ1v) is 16.0. The Hall–Kier alpha value is -3.47. The molecule has 0 bridgehead atoms. The van der Waals surface area contributed by atoms with Gasteiger partial charge in [0.05, 0.1) is 11.3 Å². The van der Waals surface area contributed by atoms with Gasteiger partial charge in [-0.05, 0) is 73.4 Å². The number of unbranched alkanes of at least 4 members (excludes halogenated alkanes) is 1. The minimum atomic E-state index is -3.32. The van der Waals surface area contributed by atoms with Crippen molar-refractivity contribution in [3.8, 4) is 17.2 Å². The summed E-state index contributed by atoms with van der Waals surface area (Å²) in [6.45, 7) is 5.18. The monoisotopic (exact) mass is 600 g/mol. The first kappa shape index (κ1) is 30.5. The second-order valence-corrected chi connectivity index (χ2v) is 12.4. The van der Waals surface area contributed by atoms with Gasteiger partial charge in [0.1, 0.15) is 17.2 Å². The topological polar surface area (TPSA) is 111 Å². The van der Waals surface area contributed by atoms with Crippen molar-refractivity contribution in [1.82, 2.24) is 10.2 Å². The molecule has 1 fully saturated rings. The number of aromatic hydroxyl groups is 1. The van der Waals surface area contributed by atoms with E-state index < -0.39 is 10.0 Å². The van der Waals surface area contributed by atoms with Crippen LogP contribution >= 0.6 is 11.6 Å². The summed E-state index contributed by atoms with van der Waals surface area (Å²) in [6, 6.07) is 19.5. The summed E-state index contributed by atoms with van der Waals surface area (Å²) >= 11 is 5.96. The van der Waals surface area contributed by atoms with E-state index in [1.54, 1.807) is 41.3 Å². The lowest BCUT2D eigenvalue weighted by molar-refractivity contribution is 0.188. The second-order valence-electron chi connectivity index (χ2n) is 10.3. The number of nitrogens with zero attached hydrogens (tertiary/aromatic N) is 2. The molecule has 0 aromatic heterocycles. The van der Waals surface area contributed by atoms with E-state index in [1.165, 1.54) is 11.6 Å². The van der Waals surface area contributed by atoms with E-state index in [0.717, 1.165) is 51.6 Å². The number of phenolic OH excluding ortho intramolecular Hbond substituents is 1. The largest absolute Gasteiger partial charge is 0.506 e. The summed E-state index contributed by atoms with van der Waals surface area (Å²) < 4.78 is 31.0. The number of hydrogen-bond acceptors (Lipinski definition) is 6. The molecule has 1 saturated heterocycles. The number of ether oxygens (including phenoxy) is 1. The molecule has 11 heteroatoms. The van der Waals surface area contributed by atoms with Crippen molar-refractivity contribution in [2.45, 2.75) is 45.2 Å². The van der Waals surface area contributed by atoms with Crippen molar-refractivity contribution >= 4 is 39.0 Å². The molecule has 1 aliphatic heterocycles. The summed E-state index contributed by atoms with van der Waals surface area (Å²) in [6.07, 6.45) is 4.62. The van der Waals surface area contributed by atoms with E-state index in [2.05, 4.69) is 21.9 Å². The van der Waals surface area contributed by atoms with E-state index in [9.17, 15) is 18.3 Å². The Morgan fingerprint density at radius 2 is 1.68 bits per heavy atom. The number of hydrogen-bond donors (Lipinski definition) is 3. The lowest BCUT2D eigenvalue weighted by atomic mass is 10.0. The van der Waals surface area contributed by atoms with Crippen molar-refractivity contribution < 1.29 is 23.1 Å². The molecule has 1 heterocycles. The van der Waals surface area contributed by atoms with Gasteiger partial charge < -0.3 is 15.2 Å². The highest BCUT2D eigenvalue weighted by Gasteiger charge is 2.24. The van der Waals surface area contributed by atoms with Crippen LogP contribution in [0.5, 0.6) is 17.2 Å². The molecule has 1 aliphatic rings. The maximum absolute atomic E-state index is 13.2. The van der Waals surface area contributed by atoms with Gasteiger partial charge in [0.2, 0.25) is 10.0 Å². The fraction of sp³-hybridized carbons (Fsp3) is 0.367. The van der Waals surface area contributed by atoms with Gasteiger partial charge >= 0.3 is 6.03 Å². The SMILES string of the molecule is CCCCN(C(=O)NC1CCN(Cc2ccc(Oc3ccc(NS(C)(=O)=O)cc3)cc2)CC1)c1ccc(Cl)c(O)c1. The average molecular weight is 601 g/mol. The lowest BCUT2D eigenvalue weighted by Gasteiger charge is -2.34. The Morgan fingerprint density at radius 1 is 1.05 bits per heavy atom. The zero-order valence-corrected chi connectivity index (χ0v) is 24.9. The number of nitrogens with one attached hydrogen (secondary N) is 2. The number of likely N-dealkylation sites (tertiary alicyclic amines) is 1. The van der Waals surface area contributed by atoms with Gasteiger partial charge in [-0.3, -0.25) is 14.5 Å². The van der Waals surface area contributed by atoms with Gasteiger partial charge in [0, 0.05) is 49.7 Å². The van der Waals surface area contributed by atoms with Gasteiger partial charge in [-0.2, -0.15) is 0 Å². The van der Waals surface area contributed by atoms with Crippen LogP contribution in [0.1, 0.15) is 38.2 Å². The Kier molecular flexibility index (Phi) is 10.4. The Labute approximate surface area is 247 Å². The molecular formula is C30H37ClN4O5S. The van der Waals surface area contributed by atoms with Crippen molar-refractivity contribution in [2.75, 3.05) is 35.5 Å². The van der Waals surface area contributed by atoms with Crippen LogP contribution in [0.25, 0.3) is 0 Å². The number of sulfonamides is 1. The molecule has 0 radical (unpaired) electrons. The van der Waals surface area contributed by atoms with Crippen LogP contribution in [-0.2, 0) is 16.6 Å². The first-order chi connectivity index (χ1) is 19.6. The van der Waals surface area contributed by atoms with Gasteiger partial charge in [-0.1, -0.05) is 37.1 Å². The van der Waals surface area contributed by atoms with Crippen molar-refractivity contribution in [3.05, 3.63) is 77.3 Å². The van der Waals surface area contributed by atoms with E-state index in [-0.39, 0.29) is 22.8 Å². The average Bonchev–Trinajstić information content (AvgIpc) is 2.93. The maximum atomic E-state index is 13.2. The molecule has 2 amide bonds. The van der Waals surface area contributed by atoms with E-state index in [4.69, 9.17) is 16.3 Å². The standard InChI is InChI=1S/C30H37ClN4O5S/c1-3-4-17-35(25-9-14-28(31)29(36)20-25)30(37)32-23-15-18-34(19-16-23)21-22-5-10-26(11-6-22)40-27-12-7-24(8-13-27)33-41(2,38)39/h5-14,20,23,33,36H,3-4,15-19,21H2,1-2H3,(H,32,37). The van der Waals surface area contributed by atoms with Crippen molar-refractivity contribution in [1.29, 1.82) is 0 Å². The molecule has 0 unspecified atom stereocenters. The fourth-order valence-electron chi connectivity index (χ4n) is 4.68. The van der Waals surface area contributed by atoms with Crippen LogP contribution in [0.2, 0.25) is 5.02 Å². The molecule has 220 valence electrons. The summed E-state index contributed by atoms with van der Waals surface area (Å²) in [7, 11) is -3.32. The molecule has 0 aliphatic carbocycles. The van der Waals surface area contributed by atoms with Crippen LogP contribution in [0.15, 0.2) is 66.7 Å². The molecule has 0 saturated carbocycles. The first-order valence-electron chi connectivity index (χ1n) is 13.7. The highest BCUT2D eigenvalue weighted by Crippen LogP contribution is 2.29. The third-order valence-corrected chi connectivity index (χ3v) is 7.79. The fourth-order valence-corrected chi connectivity index (χ4v) is 5.37. The van der Waals surface area contributed by atoms with Crippen LogP contribution < -0.4 is 19.7 Å². The molecule has 3 aromatic rings. The van der Waals surface area contributed by atoms with Crippen LogP contribution in [0.4, 0.5) is 16.2 Å². The third-order valence-electron chi connectivity index (χ3n) is 6.86. The zero-order chi connectivity index (χ0) is 29.4. The summed E-state index contributed by atoms with van der Waals surface area (Å²) in [4.78, 5) is 17.2. The van der Waals surface area contributed by atoms with E-state index in [1.807, 2.05) is 24.3 Å². The Bertz CT molecular complexity index is 1410. The number of piperidine rings is 1. The highest BCUT2D eigenvalue weighted by molar-refractivity contribution is 7.92. The zero-order valence-electron chi connectivity index (χ0n) is 23.3. The number of anilines is 2. The van der Waals surface area contributed by atoms with Crippen molar-refractivity contribution in [2.24, 2.45) is 0 Å². The second kappa shape index (κ2) is 13.9. The lowest BCUT2D eigenvalue weighted by Crippen LogP contribution is -2.49. The van der Waals surface area contributed by atoms with Crippen LogP contribution in [0, 0.1) is 0 Å². The van der Waals surface area contributed by atoms with Gasteiger partial charge in [0.25, 0.3) is 0 Å². The normalized spacial score (nSPS) is 14.4. The van der Waals surface area contributed by atoms with Gasteiger partial charge in [-0.15, -0.1) is 0 Å². The Morgan fingerprint density at radius 3 is 2.27 bits per heavy atom. The number of amides is 2. The quantitative estimate of drug-likeness (QED) is 0.242. The summed E-state index contributed by atoms with van der Waals surface area (Å²) in [5, 5.41) is 13.5. The summed E-state index contributed by atoms with van der Waals surface area (Å²) in [5.74, 6) is 1.27. The molecule has 4 rings (SSSR count). The number of benzene rings is 3. The number of phenols is 1. The molecule has 0 atom stereocenters. The van der Waals surface area contributed by atoms with Crippen molar-refractivity contribution in [3.63, 3.8) is 0 Å². The van der Waals surface area contributed by atoms with E-state index in [0.29, 0.717) is 29.4 Å². The molecular weight excluding hydrogens is 564 g/mol. The predicted octanol–water partition coefficient (Wildman–Crippen LogP) is 6.19. The molecule has 0 spiro atoms. The predicted molar refractivity (Wildman–Crippen MR) is 164 cm³/mol. The van der Waals surface area contributed by atoms with E-state index >= 15 is 0 Å².